The predicted octanol–water partition coefficient (Wildman–Crippen LogP) is 7.07. The lowest BCUT2D eigenvalue weighted by molar-refractivity contribution is -0.138. The average Bonchev–Trinajstić information content (AvgIpc) is 3.19. The number of aromatic nitrogens is 1. The molecule has 0 aromatic carbocycles. The molecule has 1 N–H and O–H groups in total. The number of halogens is 3. The average molecular weight is 536 g/mol. The summed E-state index contributed by atoms with van der Waals surface area (Å²) in [6.45, 7) is 14.4. The van der Waals surface area contributed by atoms with Crippen molar-refractivity contribution in [2.75, 3.05) is 26.2 Å². The van der Waals surface area contributed by atoms with Gasteiger partial charge in [-0.15, -0.1) is 0 Å². The molecule has 0 amide bonds. The van der Waals surface area contributed by atoms with E-state index in [9.17, 15) is 13.2 Å². The van der Waals surface area contributed by atoms with Gasteiger partial charge in [-0.2, -0.15) is 13.2 Å². The van der Waals surface area contributed by atoms with Crippen molar-refractivity contribution in [1.29, 1.82) is 0 Å². The Bertz CT molecular complexity index is 1260. The lowest BCUT2D eigenvalue weighted by Crippen LogP contribution is -2.31. The number of aliphatic imine (C=N–C) groups is 2. The van der Waals surface area contributed by atoms with E-state index in [0.717, 1.165) is 43.1 Å². The van der Waals surface area contributed by atoms with Crippen LogP contribution in [0.4, 0.5) is 13.2 Å². The van der Waals surface area contributed by atoms with E-state index in [1.54, 1.807) is 18.2 Å². The van der Waals surface area contributed by atoms with Crippen LogP contribution in [0.2, 0.25) is 0 Å². The van der Waals surface area contributed by atoms with Gasteiger partial charge in [0.05, 0.1) is 17.8 Å². The second-order valence-corrected chi connectivity index (χ2v) is 9.40. The van der Waals surface area contributed by atoms with Gasteiger partial charge in [0.1, 0.15) is 11.7 Å². The Labute approximate surface area is 229 Å². The van der Waals surface area contributed by atoms with Crippen molar-refractivity contribution in [2.24, 2.45) is 9.98 Å². The van der Waals surface area contributed by atoms with Crippen LogP contribution in [0.1, 0.15) is 44.4 Å². The van der Waals surface area contributed by atoms with Crippen LogP contribution >= 0.6 is 0 Å². The van der Waals surface area contributed by atoms with E-state index in [2.05, 4.69) is 70.8 Å². The summed E-state index contributed by atoms with van der Waals surface area (Å²) in [5.41, 5.74) is 2.68. The number of likely N-dealkylation sites (N-methyl/N-ethyl adjacent to an activating group) is 1. The zero-order valence-electron chi connectivity index (χ0n) is 22.6. The molecule has 0 fully saturated rings. The number of allylic oxidation sites excluding steroid dienone is 10. The topological polar surface area (TPSA) is 52.9 Å². The summed E-state index contributed by atoms with van der Waals surface area (Å²) in [6, 6.07) is 2.35. The smallest absolute Gasteiger partial charge is 0.369 e. The molecule has 0 aliphatic heterocycles. The maximum Gasteiger partial charge on any atom is 0.418 e. The zero-order chi connectivity index (χ0) is 28.3. The molecule has 0 atom stereocenters. The van der Waals surface area contributed by atoms with Gasteiger partial charge in [-0.1, -0.05) is 67.7 Å². The summed E-state index contributed by atoms with van der Waals surface area (Å²) in [7, 11) is 0. The first-order valence-corrected chi connectivity index (χ1v) is 13.0. The van der Waals surface area contributed by atoms with Crippen molar-refractivity contribution in [3.63, 3.8) is 0 Å². The molecule has 5 nitrogen and oxygen atoms in total. The Morgan fingerprint density at radius 3 is 2.67 bits per heavy atom. The minimum absolute atomic E-state index is 0.0784. The maximum atomic E-state index is 13.6. The zero-order valence-corrected chi connectivity index (χ0v) is 22.6. The molecule has 0 bridgehead atoms. The Hall–Kier alpha value is -3.78. The molecular formula is C31H36F3N5. The van der Waals surface area contributed by atoms with E-state index in [1.165, 1.54) is 17.8 Å². The molecule has 0 radical (unpaired) electrons. The molecule has 0 saturated carbocycles. The third kappa shape index (κ3) is 9.18. The van der Waals surface area contributed by atoms with Gasteiger partial charge in [-0.05, 0) is 68.3 Å². The van der Waals surface area contributed by atoms with Crippen LogP contribution in [-0.2, 0) is 6.18 Å². The highest BCUT2D eigenvalue weighted by atomic mass is 19.4. The quantitative estimate of drug-likeness (QED) is 0.187. The van der Waals surface area contributed by atoms with Gasteiger partial charge in [0.25, 0.3) is 0 Å². The number of amidine groups is 1. The number of pyridine rings is 1. The van der Waals surface area contributed by atoms with E-state index in [0.29, 0.717) is 36.7 Å². The third-order valence-corrected chi connectivity index (χ3v) is 6.18. The van der Waals surface area contributed by atoms with E-state index in [-0.39, 0.29) is 5.69 Å². The van der Waals surface area contributed by atoms with Gasteiger partial charge >= 0.3 is 6.18 Å². The van der Waals surface area contributed by atoms with E-state index < -0.39 is 11.7 Å². The van der Waals surface area contributed by atoms with Crippen LogP contribution in [0.5, 0.6) is 0 Å². The van der Waals surface area contributed by atoms with Gasteiger partial charge in [0, 0.05) is 19.3 Å². The number of alkyl halides is 3. The molecule has 2 aliphatic carbocycles. The van der Waals surface area contributed by atoms with Crippen LogP contribution in [0.3, 0.4) is 0 Å². The van der Waals surface area contributed by atoms with E-state index >= 15 is 0 Å². The molecule has 0 spiro atoms. The van der Waals surface area contributed by atoms with Gasteiger partial charge in [0.2, 0.25) is 0 Å². The molecule has 1 aromatic rings. The molecule has 0 saturated heterocycles. The number of hydrogen-bond acceptors (Lipinski definition) is 4. The fraction of sp³-hybridized carbons (Fsp3) is 0.323. The first kappa shape index (κ1) is 29.8. The molecule has 0 unspecified atom stereocenters. The van der Waals surface area contributed by atoms with E-state index in [1.807, 2.05) is 6.92 Å². The van der Waals surface area contributed by atoms with Crippen LogP contribution in [-0.4, -0.2) is 48.6 Å². The maximum absolute atomic E-state index is 13.6. The monoisotopic (exact) mass is 535 g/mol. The van der Waals surface area contributed by atoms with E-state index in [4.69, 9.17) is 4.99 Å². The lowest BCUT2D eigenvalue weighted by atomic mass is 9.97. The van der Waals surface area contributed by atoms with Crippen LogP contribution in [0.15, 0.2) is 106 Å². The SMILES string of the molecule is C=N/C(CN(CC)CC(=C)C)=N\C(NCCC1=CC=CCC=C1)=C1\C=CC(c2ncccc2C(F)(F)F)=CC1. The standard InChI is InChI=1S/C31H36F3N5/c1-5-39(21-23(2)3)22-28(35-4)38-30(37-20-18-24-11-8-6-7-9-12-24)26-16-14-25(15-17-26)29-27(31(32,33)34)13-10-19-36-29/h6,8-16,19,37H,2,4-5,7,17-18,20-22H2,1,3H3/b30-26-,38-28-. The van der Waals surface area contributed by atoms with Crippen LogP contribution in [0.25, 0.3) is 5.57 Å². The second kappa shape index (κ2) is 14.4. The van der Waals surface area contributed by atoms with Gasteiger partial charge in [0.15, 0.2) is 0 Å². The van der Waals surface area contributed by atoms with Crippen molar-refractivity contribution in [2.45, 2.75) is 39.3 Å². The minimum atomic E-state index is -4.48. The highest BCUT2D eigenvalue weighted by molar-refractivity contribution is 5.89. The predicted molar refractivity (Wildman–Crippen MR) is 156 cm³/mol. The Kier molecular flexibility index (Phi) is 11.0. The molecule has 3 rings (SSSR count). The van der Waals surface area contributed by atoms with Crippen molar-refractivity contribution in [3.05, 3.63) is 107 Å². The summed E-state index contributed by atoms with van der Waals surface area (Å²) in [5.74, 6) is 1.18. The highest BCUT2D eigenvalue weighted by Gasteiger charge is 2.34. The lowest BCUT2D eigenvalue weighted by Gasteiger charge is -2.21. The Balaban J connectivity index is 1.89. The number of nitrogens with zero attached hydrogens (tertiary/aromatic N) is 4. The van der Waals surface area contributed by atoms with Gasteiger partial charge in [-0.25, -0.2) is 9.98 Å². The Morgan fingerprint density at radius 2 is 2.00 bits per heavy atom. The van der Waals surface area contributed by atoms with Gasteiger partial charge < -0.3 is 5.32 Å². The first-order valence-electron chi connectivity index (χ1n) is 13.0. The summed E-state index contributed by atoms with van der Waals surface area (Å²) >= 11 is 0. The molecule has 39 heavy (non-hydrogen) atoms. The van der Waals surface area contributed by atoms with Crippen molar-refractivity contribution in [3.8, 4) is 0 Å². The molecule has 1 heterocycles. The molecule has 2 aliphatic rings. The summed E-state index contributed by atoms with van der Waals surface area (Å²) in [6.07, 6.45) is 14.7. The Morgan fingerprint density at radius 1 is 1.18 bits per heavy atom. The molecule has 8 heteroatoms. The summed E-state index contributed by atoms with van der Waals surface area (Å²) < 4.78 is 40.7. The number of nitrogens with one attached hydrogen (secondary N) is 1. The van der Waals surface area contributed by atoms with Gasteiger partial charge in [-0.3, -0.25) is 9.88 Å². The summed E-state index contributed by atoms with van der Waals surface area (Å²) in [5, 5.41) is 3.44. The summed E-state index contributed by atoms with van der Waals surface area (Å²) in [4.78, 5) is 15.2. The third-order valence-electron chi connectivity index (χ3n) is 6.18. The normalized spacial score (nSPS) is 17.0. The molecule has 1 aromatic heterocycles. The first-order chi connectivity index (χ1) is 18.7. The molecular weight excluding hydrogens is 499 g/mol. The van der Waals surface area contributed by atoms with Crippen LogP contribution < -0.4 is 5.32 Å². The number of hydrogen-bond donors (Lipinski definition) is 1. The largest absolute Gasteiger partial charge is 0.418 e. The highest BCUT2D eigenvalue weighted by Crippen LogP contribution is 2.35. The fourth-order valence-electron chi connectivity index (χ4n) is 4.21. The minimum Gasteiger partial charge on any atom is -0.369 e. The van der Waals surface area contributed by atoms with Crippen molar-refractivity contribution in [1.82, 2.24) is 15.2 Å². The van der Waals surface area contributed by atoms with Crippen molar-refractivity contribution < 1.29 is 13.2 Å². The number of rotatable bonds is 11. The van der Waals surface area contributed by atoms with Crippen LogP contribution in [0, 0.1) is 0 Å². The molecule has 206 valence electrons. The second-order valence-electron chi connectivity index (χ2n) is 9.40. The van der Waals surface area contributed by atoms with Crippen molar-refractivity contribution >= 4 is 18.1 Å². The fourth-order valence-corrected chi connectivity index (χ4v) is 4.21.